The molecule has 0 bridgehead atoms. The minimum Gasteiger partial charge on any atom is -0.494 e. The largest absolute Gasteiger partial charge is 0.494 e. The Bertz CT molecular complexity index is 1250. The Kier molecular flexibility index (Phi) is 7.24. The van der Waals surface area contributed by atoms with Crippen molar-refractivity contribution in [3.05, 3.63) is 76.0 Å². The molecule has 0 aliphatic heterocycles. The van der Waals surface area contributed by atoms with E-state index in [1.165, 1.54) is 12.4 Å². The van der Waals surface area contributed by atoms with Crippen molar-refractivity contribution in [1.82, 2.24) is 25.0 Å². The van der Waals surface area contributed by atoms with Gasteiger partial charge in [-0.15, -0.1) is 0 Å². The highest BCUT2D eigenvalue weighted by molar-refractivity contribution is 5.99. The Hall–Kier alpha value is -3.88. The number of amides is 2. The van der Waals surface area contributed by atoms with Crippen LogP contribution in [0.15, 0.2) is 53.8 Å². The van der Waals surface area contributed by atoms with E-state index < -0.39 is 22.8 Å². The third kappa shape index (κ3) is 5.72. The molecule has 1 aromatic carbocycles. The van der Waals surface area contributed by atoms with Crippen molar-refractivity contribution in [1.29, 1.82) is 0 Å². The third-order valence-electron chi connectivity index (χ3n) is 5.04. The molecule has 0 saturated heterocycles. The summed E-state index contributed by atoms with van der Waals surface area (Å²) < 4.78 is 8.71. The standard InChI is InChI=1S/C25H31N5O4/c1-16(2)29-14-18(22(31)19(15-29)24(33)28-25(3,4)5)23(32)26-11-17-12-27-30(13-17)20-9-7-8-10-21(20)34-6/h7-10,12-16H,11H2,1-6H3,(H,26,32)(H,28,33). The van der Waals surface area contributed by atoms with Crippen molar-refractivity contribution < 1.29 is 14.3 Å². The Labute approximate surface area is 198 Å². The zero-order valence-electron chi connectivity index (χ0n) is 20.4. The Balaban J connectivity index is 1.83. The van der Waals surface area contributed by atoms with Gasteiger partial charge in [-0.25, -0.2) is 4.68 Å². The van der Waals surface area contributed by atoms with E-state index in [0.29, 0.717) is 5.75 Å². The van der Waals surface area contributed by atoms with E-state index in [0.717, 1.165) is 11.3 Å². The van der Waals surface area contributed by atoms with Gasteiger partial charge < -0.3 is 19.9 Å². The second-order valence-electron chi connectivity index (χ2n) is 9.31. The maximum absolute atomic E-state index is 13.0. The van der Waals surface area contributed by atoms with Crippen molar-refractivity contribution >= 4 is 11.8 Å². The number of benzene rings is 1. The molecule has 0 fully saturated rings. The number of nitrogens with zero attached hydrogens (tertiary/aromatic N) is 3. The van der Waals surface area contributed by atoms with Crippen molar-refractivity contribution in [2.75, 3.05) is 7.11 Å². The number of pyridine rings is 1. The number of carbonyl (C=O) groups excluding carboxylic acids is 2. The first kappa shape index (κ1) is 24.8. The minimum atomic E-state index is -0.610. The molecule has 0 unspecified atom stereocenters. The number of rotatable bonds is 7. The summed E-state index contributed by atoms with van der Waals surface area (Å²) in [6, 6.07) is 7.40. The van der Waals surface area contributed by atoms with E-state index in [4.69, 9.17) is 4.74 Å². The third-order valence-corrected chi connectivity index (χ3v) is 5.04. The lowest BCUT2D eigenvalue weighted by molar-refractivity contribution is 0.0917. The highest BCUT2D eigenvalue weighted by atomic mass is 16.5. The smallest absolute Gasteiger partial charge is 0.257 e. The van der Waals surface area contributed by atoms with Gasteiger partial charge in [0.2, 0.25) is 5.43 Å². The summed E-state index contributed by atoms with van der Waals surface area (Å²) >= 11 is 0. The van der Waals surface area contributed by atoms with Crippen LogP contribution in [0.4, 0.5) is 0 Å². The average Bonchev–Trinajstić information content (AvgIpc) is 3.25. The number of carbonyl (C=O) groups is 2. The number of ether oxygens (including phenoxy) is 1. The lowest BCUT2D eigenvalue weighted by Gasteiger charge is -2.21. The highest BCUT2D eigenvalue weighted by Gasteiger charge is 2.23. The maximum Gasteiger partial charge on any atom is 0.257 e. The minimum absolute atomic E-state index is 0.0487. The van der Waals surface area contributed by atoms with E-state index >= 15 is 0 Å². The van der Waals surface area contributed by atoms with Gasteiger partial charge in [0.15, 0.2) is 0 Å². The zero-order chi connectivity index (χ0) is 25.0. The normalized spacial score (nSPS) is 11.4. The van der Waals surface area contributed by atoms with Crippen LogP contribution < -0.4 is 20.8 Å². The topological polar surface area (TPSA) is 107 Å². The molecule has 0 aliphatic carbocycles. The van der Waals surface area contributed by atoms with E-state index in [2.05, 4.69) is 15.7 Å². The van der Waals surface area contributed by atoms with Crippen LogP contribution in [0.25, 0.3) is 5.69 Å². The molecule has 9 heteroatoms. The van der Waals surface area contributed by atoms with Gasteiger partial charge in [-0.05, 0) is 46.8 Å². The van der Waals surface area contributed by atoms with Gasteiger partial charge in [-0.1, -0.05) is 12.1 Å². The summed E-state index contributed by atoms with van der Waals surface area (Å²) in [5, 5.41) is 9.89. The van der Waals surface area contributed by atoms with Crippen molar-refractivity contribution in [2.24, 2.45) is 0 Å². The van der Waals surface area contributed by atoms with Crippen LogP contribution in [0, 0.1) is 0 Å². The summed E-state index contributed by atoms with van der Waals surface area (Å²) in [5.74, 6) is -0.407. The fourth-order valence-electron chi connectivity index (χ4n) is 3.31. The second-order valence-corrected chi connectivity index (χ2v) is 9.31. The SMILES string of the molecule is COc1ccccc1-n1cc(CNC(=O)c2cn(C(C)C)cc(C(=O)NC(C)(C)C)c2=O)cn1. The van der Waals surface area contributed by atoms with Crippen LogP contribution in [0.5, 0.6) is 5.75 Å². The molecule has 3 aromatic rings. The molecule has 0 spiro atoms. The number of hydrogen-bond donors (Lipinski definition) is 2. The quantitative estimate of drug-likeness (QED) is 0.558. The summed E-state index contributed by atoms with van der Waals surface area (Å²) in [6.45, 7) is 9.45. The summed E-state index contributed by atoms with van der Waals surface area (Å²) in [4.78, 5) is 38.7. The monoisotopic (exact) mass is 465 g/mol. The first-order valence-corrected chi connectivity index (χ1v) is 11.0. The molecule has 2 aromatic heterocycles. The van der Waals surface area contributed by atoms with Crippen molar-refractivity contribution in [3.63, 3.8) is 0 Å². The molecule has 0 aliphatic rings. The first-order valence-electron chi connectivity index (χ1n) is 11.0. The lowest BCUT2D eigenvalue weighted by Crippen LogP contribution is -2.43. The number of aromatic nitrogens is 3. The molecule has 2 N–H and O–H groups in total. The van der Waals surface area contributed by atoms with Gasteiger partial charge in [0.05, 0.1) is 13.3 Å². The lowest BCUT2D eigenvalue weighted by atomic mass is 10.1. The van der Waals surface area contributed by atoms with E-state index in [1.807, 2.05) is 58.9 Å². The Morgan fingerprint density at radius 2 is 1.71 bits per heavy atom. The highest BCUT2D eigenvalue weighted by Crippen LogP contribution is 2.21. The van der Waals surface area contributed by atoms with Gasteiger partial charge in [0, 0.05) is 42.3 Å². The van der Waals surface area contributed by atoms with Crippen LogP contribution in [-0.2, 0) is 6.54 Å². The zero-order valence-corrected chi connectivity index (χ0v) is 20.4. The van der Waals surface area contributed by atoms with E-state index in [-0.39, 0.29) is 23.7 Å². The van der Waals surface area contributed by atoms with Gasteiger partial charge in [0.1, 0.15) is 22.6 Å². The Morgan fingerprint density at radius 1 is 1.06 bits per heavy atom. The van der Waals surface area contributed by atoms with Crippen LogP contribution in [0.1, 0.15) is 66.9 Å². The predicted octanol–water partition coefficient (Wildman–Crippen LogP) is 3.08. The molecule has 9 nitrogen and oxygen atoms in total. The fourth-order valence-corrected chi connectivity index (χ4v) is 3.31. The molecule has 0 atom stereocenters. The molecule has 0 radical (unpaired) electrons. The number of hydrogen-bond acceptors (Lipinski definition) is 5. The molecular formula is C25H31N5O4. The van der Waals surface area contributed by atoms with Crippen LogP contribution in [0.3, 0.4) is 0 Å². The fraction of sp³-hybridized carbons (Fsp3) is 0.360. The number of nitrogens with one attached hydrogen (secondary N) is 2. The molecule has 0 saturated carbocycles. The molecule has 2 heterocycles. The van der Waals surface area contributed by atoms with Gasteiger partial charge >= 0.3 is 0 Å². The number of para-hydroxylation sites is 2. The summed E-state index contributed by atoms with van der Waals surface area (Å²) in [7, 11) is 1.59. The molecule has 180 valence electrons. The van der Waals surface area contributed by atoms with Gasteiger partial charge in [-0.3, -0.25) is 14.4 Å². The van der Waals surface area contributed by atoms with Gasteiger partial charge in [-0.2, -0.15) is 5.10 Å². The predicted molar refractivity (Wildman–Crippen MR) is 130 cm³/mol. The number of methoxy groups -OCH3 is 1. The maximum atomic E-state index is 13.0. The summed E-state index contributed by atoms with van der Waals surface area (Å²) in [6.07, 6.45) is 6.38. The molecule has 2 amide bonds. The van der Waals surface area contributed by atoms with Crippen LogP contribution in [0.2, 0.25) is 0 Å². The first-order chi connectivity index (χ1) is 16.0. The molecular weight excluding hydrogens is 434 g/mol. The Morgan fingerprint density at radius 3 is 2.32 bits per heavy atom. The summed E-state index contributed by atoms with van der Waals surface area (Å²) in [5.41, 5.74) is 0.213. The molecule has 34 heavy (non-hydrogen) atoms. The van der Waals surface area contributed by atoms with Crippen molar-refractivity contribution in [2.45, 2.75) is 52.7 Å². The molecule has 3 rings (SSSR count). The van der Waals surface area contributed by atoms with Crippen molar-refractivity contribution in [3.8, 4) is 11.4 Å². The van der Waals surface area contributed by atoms with E-state index in [9.17, 15) is 14.4 Å². The van der Waals surface area contributed by atoms with Crippen LogP contribution >= 0.6 is 0 Å². The van der Waals surface area contributed by atoms with E-state index in [1.54, 1.807) is 28.8 Å². The van der Waals surface area contributed by atoms with Gasteiger partial charge in [0.25, 0.3) is 11.8 Å². The average molecular weight is 466 g/mol. The second kappa shape index (κ2) is 9.94. The van der Waals surface area contributed by atoms with Crippen LogP contribution in [-0.4, -0.2) is 38.8 Å².